The second kappa shape index (κ2) is 22.6. The van der Waals surface area contributed by atoms with Crippen LogP contribution in [0.25, 0.3) is 0 Å². The van der Waals surface area contributed by atoms with Gasteiger partial charge in [-0.15, -0.1) is 0 Å². The van der Waals surface area contributed by atoms with Gasteiger partial charge in [0.25, 0.3) is 0 Å². The maximum absolute atomic E-state index is 14.3. The highest BCUT2D eigenvalue weighted by Gasteiger charge is 2.37. The van der Waals surface area contributed by atoms with Gasteiger partial charge in [0, 0.05) is 11.3 Å². The van der Waals surface area contributed by atoms with Gasteiger partial charge in [0.15, 0.2) is 0 Å². The van der Waals surface area contributed by atoms with E-state index >= 15 is 0 Å². The SMILES string of the molecule is CCCCCCCCC(C)OP(=O)(C(C)CCCCCCCC)C(C)CCCCCCCC. The van der Waals surface area contributed by atoms with Crippen LogP contribution in [0.5, 0.6) is 0 Å². The van der Waals surface area contributed by atoms with E-state index in [-0.39, 0.29) is 17.4 Å². The van der Waals surface area contributed by atoms with Crippen molar-refractivity contribution in [2.24, 2.45) is 0 Å². The third kappa shape index (κ3) is 17.3. The Kier molecular flexibility index (Phi) is 22.8. The Balaban J connectivity index is 4.68. The molecule has 0 heterocycles. The molecule has 3 heteroatoms. The summed E-state index contributed by atoms with van der Waals surface area (Å²) in [7, 11) is -2.65. The molecule has 0 rings (SSSR count). The molecule has 0 saturated heterocycles. The Morgan fingerprint density at radius 3 is 1.15 bits per heavy atom. The van der Waals surface area contributed by atoms with Crippen LogP contribution in [0, 0.1) is 0 Å². The smallest absolute Gasteiger partial charge is 0.208 e. The summed E-state index contributed by atoms with van der Waals surface area (Å²) in [4.78, 5) is 0. The third-order valence-corrected chi connectivity index (χ3v) is 11.2. The minimum absolute atomic E-state index is 0.126. The molecule has 0 amide bonds. The van der Waals surface area contributed by atoms with E-state index in [2.05, 4.69) is 41.5 Å². The molecule has 0 bridgehead atoms. The summed E-state index contributed by atoms with van der Waals surface area (Å²) in [5.74, 6) is 0. The van der Waals surface area contributed by atoms with Crippen molar-refractivity contribution in [3.05, 3.63) is 0 Å². The van der Waals surface area contributed by atoms with E-state index in [1.165, 1.54) is 116 Å². The van der Waals surface area contributed by atoms with E-state index in [1.807, 2.05) is 0 Å². The fourth-order valence-corrected chi connectivity index (χ4v) is 8.03. The average Bonchev–Trinajstić information content (AvgIpc) is 2.80. The Labute approximate surface area is 210 Å². The summed E-state index contributed by atoms with van der Waals surface area (Å²) in [6.45, 7) is 13.4. The number of rotatable bonds is 25. The first kappa shape index (κ1) is 33.2. The Hall–Kier alpha value is 0.190. The molecule has 2 nitrogen and oxygen atoms in total. The molecule has 0 fully saturated rings. The van der Waals surface area contributed by atoms with E-state index in [0.29, 0.717) is 0 Å². The minimum Gasteiger partial charge on any atom is -0.325 e. The van der Waals surface area contributed by atoms with Crippen LogP contribution in [0.15, 0.2) is 0 Å². The van der Waals surface area contributed by atoms with Gasteiger partial charge in [0.2, 0.25) is 7.37 Å². The van der Waals surface area contributed by atoms with Crippen LogP contribution in [0.1, 0.15) is 176 Å². The molecule has 0 aliphatic heterocycles. The van der Waals surface area contributed by atoms with Gasteiger partial charge < -0.3 is 4.52 Å². The molecule has 0 spiro atoms. The van der Waals surface area contributed by atoms with Crippen molar-refractivity contribution < 1.29 is 9.09 Å². The van der Waals surface area contributed by atoms with Gasteiger partial charge in [0.1, 0.15) is 0 Å². The number of hydrogen-bond acceptors (Lipinski definition) is 2. The largest absolute Gasteiger partial charge is 0.325 e. The maximum Gasteiger partial charge on any atom is 0.208 e. The zero-order valence-electron chi connectivity index (χ0n) is 23.8. The summed E-state index contributed by atoms with van der Waals surface area (Å²) in [6.07, 6.45) is 26.8. The maximum atomic E-state index is 14.3. The van der Waals surface area contributed by atoms with E-state index < -0.39 is 7.37 Å². The summed E-state index contributed by atoms with van der Waals surface area (Å²) in [5, 5.41) is 0. The predicted molar refractivity (Wildman–Crippen MR) is 151 cm³/mol. The van der Waals surface area contributed by atoms with Crippen LogP contribution in [0.3, 0.4) is 0 Å². The molecule has 0 aromatic rings. The van der Waals surface area contributed by atoms with E-state index in [4.69, 9.17) is 4.52 Å². The normalized spacial score (nSPS) is 16.4. The van der Waals surface area contributed by atoms with Crippen molar-refractivity contribution in [2.45, 2.75) is 194 Å². The molecule has 3 atom stereocenters. The predicted octanol–water partition coefficient (Wildman–Crippen LogP) is 11.7. The molecule has 0 saturated carbocycles. The van der Waals surface area contributed by atoms with E-state index in [0.717, 1.165) is 19.3 Å². The first-order valence-corrected chi connectivity index (χ1v) is 17.0. The lowest BCUT2D eigenvalue weighted by Crippen LogP contribution is -2.21. The van der Waals surface area contributed by atoms with Crippen LogP contribution >= 0.6 is 7.37 Å². The van der Waals surface area contributed by atoms with Gasteiger partial charge in [-0.2, -0.15) is 0 Å². The van der Waals surface area contributed by atoms with Crippen LogP contribution < -0.4 is 0 Å². The molecule has 200 valence electrons. The fraction of sp³-hybridized carbons (Fsp3) is 1.00. The monoisotopic (exact) mass is 486 g/mol. The average molecular weight is 487 g/mol. The standard InChI is InChI=1S/C30H63O2P/c1-7-10-13-16-19-22-25-28(4)32-33(31,29(5)26-23-20-17-14-11-8-2)30(6)27-24-21-18-15-12-9-3/h28-30H,7-27H2,1-6H3. The third-order valence-electron chi connectivity index (χ3n) is 7.49. The van der Waals surface area contributed by atoms with Crippen LogP contribution in [-0.4, -0.2) is 17.4 Å². The highest BCUT2D eigenvalue weighted by atomic mass is 31.2. The van der Waals surface area contributed by atoms with Crippen LogP contribution in [0.2, 0.25) is 0 Å². The molecule has 0 radical (unpaired) electrons. The molecular weight excluding hydrogens is 423 g/mol. The topological polar surface area (TPSA) is 26.3 Å². The lowest BCUT2D eigenvalue weighted by molar-refractivity contribution is 0.200. The lowest BCUT2D eigenvalue weighted by Gasteiger charge is -2.33. The first-order chi connectivity index (χ1) is 15.9. The van der Waals surface area contributed by atoms with Crippen molar-refractivity contribution in [1.82, 2.24) is 0 Å². The molecular formula is C30H63O2P. The summed E-state index contributed by atoms with van der Waals surface area (Å²) >= 11 is 0. The summed E-state index contributed by atoms with van der Waals surface area (Å²) in [6, 6.07) is 0. The minimum atomic E-state index is -2.65. The number of hydrogen-bond donors (Lipinski definition) is 0. The molecule has 0 aromatic heterocycles. The Morgan fingerprint density at radius 2 is 0.788 bits per heavy atom. The van der Waals surface area contributed by atoms with E-state index in [9.17, 15) is 4.57 Å². The van der Waals surface area contributed by atoms with Crippen molar-refractivity contribution in [3.8, 4) is 0 Å². The zero-order chi connectivity index (χ0) is 24.8. The van der Waals surface area contributed by atoms with Gasteiger partial charge in [-0.05, 0) is 26.2 Å². The van der Waals surface area contributed by atoms with E-state index in [1.54, 1.807) is 0 Å². The first-order valence-electron chi connectivity index (χ1n) is 15.2. The summed E-state index contributed by atoms with van der Waals surface area (Å²) in [5.41, 5.74) is 0.400. The zero-order valence-corrected chi connectivity index (χ0v) is 24.7. The molecule has 0 N–H and O–H groups in total. The number of unbranched alkanes of at least 4 members (excludes halogenated alkanes) is 15. The molecule has 0 aromatic carbocycles. The Bertz CT molecular complexity index is 425. The van der Waals surface area contributed by atoms with Crippen LogP contribution in [0.4, 0.5) is 0 Å². The van der Waals surface area contributed by atoms with Gasteiger partial charge in [-0.3, -0.25) is 4.57 Å². The van der Waals surface area contributed by atoms with Gasteiger partial charge >= 0.3 is 0 Å². The quantitative estimate of drug-likeness (QED) is 0.0947. The second-order valence-corrected chi connectivity index (χ2v) is 14.2. The highest BCUT2D eigenvalue weighted by molar-refractivity contribution is 7.60. The molecule has 0 aliphatic carbocycles. The van der Waals surface area contributed by atoms with Crippen molar-refractivity contribution in [2.75, 3.05) is 0 Å². The fourth-order valence-electron chi connectivity index (χ4n) is 4.99. The van der Waals surface area contributed by atoms with Crippen LogP contribution in [-0.2, 0) is 9.09 Å². The van der Waals surface area contributed by atoms with Crippen molar-refractivity contribution in [1.29, 1.82) is 0 Å². The highest BCUT2D eigenvalue weighted by Crippen LogP contribution is 2.60. The lowest BCUT2D eigenvalue weighted by atomic mass is 10.1. The van der Waals surface area contributed by atoms with Crippen molar-refractivity contribution >= 4 is 7.37 Å². The van der Waals surface area contributed by atoms with Gasteiger partial charge in [0.05, 0.1) is 6.10 Å². The molecule has 33 heavy (non-hydrogen) atoms. The molecule has 0 aliphatic rings. The second-order valence-electron chi connectivity index (χ2n) is 10.9. The summed E-state index contributed by atoms with van der Waals surface area (Å²) < 4.78 is 20.8. The van der Waals surface area contributed by atoms with Gasteiger partial charge in [-0.1, -0.05) is 150 Å². The van der Waals surface area contributed by atoms with Gasteiger partial charge in [-0.25, -0.2) is 0 Å². The molecule has 3 unspecified atom stereocenters. The van der Waals surface area contributed by atoms with Crippen molar-refractivity contribution in [3.63, 3.8) is 0 Å². The Morgan fingerprint density at radius 1 is 0.485 bits per heavy atom.